The van der Waals surface area contributed by atoms with E-state index in [1.807, 2.05) is 0 Å². The van der Waals surface area contributed by atoms with E-state index in [4.69, 9.17) is 5.11 Å². The molecular weight excluding hydrogens is 300 g/mol. The summed E-state index contributed by atoms with van der Waals surface area (Å²) < 4.78 is 0. The first kappa shape index (κ1) is 16.5. The predicted octanol–water partition coefficient (Wildman–Crippen LogP) is 4.87. The second-order valence-corrected chi connectivity index (χ2v) is 7.89. The average molecular weight is 324 g/mol. The van der Waals surface area contributed by atoms with E-state index >= 15 is 0 Å². The van der Waals surface area contributed by atoms with Crippen molar-refractivity contribution in [3.63, 3.8) is 0 Å². The van der Waals surface area contributed by atoms with Gasteiger partial charge in [-0.3, -0.25) is 0 Å². The van der Waals surface area contributed by atoms with Crippen LogP contribution >= 0.6 is 0 Å². The Morgan fingerprint density at radius 1 is 1.04 bits per heavy atom. The highest BCUT2D eigenvalue weighted by Crippen LogP contribution is 2.46. The molecule has 0 atom stereocenters. The Hall–Kier alpha value is -2.36. The van der Waals surface area contributed by atoms with Gasteiger partial charge in [-0.1, -0.05) is 33.8 Å². The largest absolute Gasteiger partial charge is 0.478 e. The molecule has 1 heterocycles. The summed E-state index contributed by atoms with van der Waals surface area (Å²) in [7, 11) is 0. The number of carboxylic acids is 1. The van der Waals surface area contributed by atoms with Crippen LogP contribution < -0.4 is 5.32 Å². The molecule has 126 valence electrons. The molecule has 1 aromatic carbocycles. The van der Waals surface area contributed by atoms with Gasteiger partial charge in [-0.15, -0.1) is 0 Å². The summed E-state index contributed by atoms with van der Waals surface area (Å²) in [5.41, 5.74) is 4.32. The van der Waals surface area contributed by atoms with Gasteiger partial charge in [-0.05, 0) is 59.1 Å². The third-order valence-electron chi connectivity index (χ3n) is 5.14. The van der Waals surface area contributed by atoms with E-state index in [0.29, 0.717) is 5.82 Å². The SMILES string of the molecule is CC1(C)CCC(C)(C)c2cc(Nc3ccc(C(=O)O)cn3)ccc21. The molecule has 0 spiro atoms. The van der Waals surface area contributed by atoms with Crippen LogP contribution in [0, 0.1) is 0 Å². The fourth-order valence-corrected chi connectivity index (χ4v) is 3.41. The molecule has 4 heteroatoms. The zero-order valence-corrected chi connectivity index (χ0v) is 14.7. The molecule has 0 saturated carbocycles. The molecule has 24 heavy (non-hydrogen) atoms. The Morgan fingerprint density at radius 3 is 2.29 bits per heavy atom. The van der Waals surface area contributed by atoms with Gasteiger partial charge < -0.3 is 10.4 Å². The van der Waals surface area contributed by atoms with Crippen LogP contribution in [0.15, 0.2) is 36.5 Å². The third-order valence-corrected chi connectivity index (χ3v) is 5.14. The molecule has 0 bridgehead atoms. The number of carbonyl (C=O) groups is 1. The monoisotopic (exact) mass is 324 g/mol. The van der Waals surface area contributed by atoms with Crippen LogP contribution in [0.5, 0.6) is 0 Å². The molecule has 0 aliphatic heterocycles. The number of nitrogens with one attached hydrogen (secondary N) is 1. The molecule has 0 saturated heterocycles. The number of pyridine rings is 1. The summed E-state index contributed by atoms with van der Waals surface area (Å²) in [5, 5.41) is 12.2. The lowest BCUT2D eigenvalue weighted by atomic mass is 9.63. The van der Waals surface area contributed by atoms with Gasteiger partial charge in [0.05, 0.1) is 5.56 Å². The second-order valence-electron chi connectivity index (χ2n) is 7.89. The summed E-state index contributed by atoms with van der Waals surface area (Å²) in [6.07, 6.45) is 3.73. The summed E-state index contributed by atoms with van der Waals surface area (Å²) in [6.45, 7) is 9.20. The Labute approximate surface area is 142 Å². The van der Waals surface area contributed by atoms with Crippen LogP contribution in [0.2, 0.25) is 0 Å². The van der Waals surface area contributed by atoms with Gasteiger partial charge in [0.1, 0.15) is 5.82 Å². The zero-order valence-electron chi connectivity index (χ0n) is 14.7. The predicted molar refractivity (Wildman–Crippen MR) is 96.2 cm³/mol. The summed E-state index contributed by atoms with van der Waals surface area (Å²) in [5.74, 6) is -0.320. The van der Waals surface area contributed by atoms with Crippen LogP contribution in [-0.2, 0) is 10.8 Å². The summed E-state index contributed by atoms with van der Waals surface area (Å²) in [4.78, 5) is 15.1. The van der Waals surface area contributed by atoms with Crippen molar-refractivity contribution in [1.82, 2.24) is 4.98 Å². The zero-order chi connectivity index (χ0) is 17.5. The van der Waals surface area contributed by atoms with Gasteiger partial charge in [-0.25, -0.2) is 9.78 Å². The van der Waals surface area contributed by atoms with Crippen molar-refractivity contribution in [3.8, 4) is 0 Å². The van der Waals surface area contributed by atoms with E-state index < -0.39 is 5.97 Å². The molecule has 0 radical (unpaired) electrons. The lowest BCUT2D eigenvalue weighted by Gasteiger charge is -2.42. The first-order chi connectivity index (χ1) is 11.2. The van der Waals surface area contributed by atoms with Gasteiger partial charge in [-0.2, -0.15) is 0 Å². The fourth-order valence-electron chi connectivity index (χ4n) is 3.41. The highest BCUT2D eigenvalue weighted by molar-refractivity contribution is 5.87. The smallest absolute Gasteiger partial charge is 0.337 e. The number of benzene rings is 1. The topological polar surface area (TPSA) is 62.2 Å². The van der Waals surface area contributed by atoms with E-state index in [9.17, 15) is 4.79 Å². The van der Waals surface area contributed by atoms with Crippen LogP contribution in [0.25, 0.3) is 0 Å². The average Bonchev–Trinajstić information content (AvgIpc) is 2.52. The molecular formula is C20H24N2O2. The van der Waals surface area contributed by atoms with Crippen molar-refractivity contribution in [2.45, 2.75) is 51.4 Å². The van der Waals surface area contributed by atoms with Crippen LogP contribution in [0.3, 0.4) is 0 Å². The third kappa shape index (κ3) is 3.01. The van der Waals surface area contributed by atoms with E-state index in [1.165, 1.54) is 30.2 Å². The number of fused-ring (bicyclic) bond motifs is 1. The van der Waals surface area contributed by atoms with Crippen molar-refractivity contribution in [2.75, 3.05) is 5.32 Å². The highest BCUT2D eigenvalue weighted by Gasteiger charge is 2.36. The van der Waals surface area contributed by atoms with Crippen molar-refractivity contribution in [2.24, 2.45) is 0 Å². The summed E-state index contributed by atoms with van der Waals surface area (Å²) in [6, 6.07) is 9.75. The Bertz CT molecular complexity index is 777. The van der Waals surface area contributed by atoms with Crippen molar-refractivity contribution in [1.29, 1.82) is 0 Å². The minimum Gasteiger partial charge on any atom is -0.478 e. The molecule has 0 amide bonds. The lowest BCUT2D eigenvalue weighted by molar-refractivity contribution is 0.0696. The van der Waals surface area contributed by atoms with Gasteiger partial charge in [0.25, 0.3) is 0 Å². The normalized spacial score (nSPS) is 17.8. The Kier molecular flexibility index (Phi) is 3.86. The van der Waals surface area contributed by atoms with Gasteiger partial charge in [0.15, 0.2) is 0 Å². The number of aromatic carboxylic acids is 1. The molecule has 0 unspecified atom stereocenters. The molecule has 1 aromatic heterocycles. The van der Waals surface area contributed by atoms with Crippen molar-refractivity contribution < 1.29 is 9.90 Å². The van der Waals surface area contributed by atoms with Gasteiger partial charge in [0, 0.05) is 11.9 Å². The highest BCUT2D eigenvalue weighted by atomic mass is 16.4. The molecule has 4 nitrogen and oxygen atoms in total. The maximum atomic E-state index is 10.9. The van der Waals surface area contributed by atoms with E-state index in [1.54, 1.807) is 12.1 Å². The van der Waals surface area contributed by atoms with Crippen LogP contribution in [-0.4, -0.2) is 16.1 Å². The van der Waals surface area contributed by atoms with E-state index in [2.05, 4.69) is 56.2 Å². The van der Waals surface area contributed by atoms with Gasteiger partial charge in [0.2, 0.25) is 0 Å². The number of carboxylic acid groups (broad SMARTS) is 1. The molecule has 3 rings (SSSR count). The maximum absolute atomic E-state index is 10.9. The number of hydrogen-bond acceptors (Lipinski definition) is 3. The Balaban J connectivity index is 1.92. The van der Waals surface area contributed by atoms with E-state index in [-0.39, 0.29) is 16.4 Å². The molecule has 0 fully saturated rings. The number of aromatic nitrogens is 1. The van der Waals surface area contributed by atoms with Crippen molar-refractivity contribution >= 4 is 17.5 Å². The standard InChI is InChI=1S/C20H24N2O2/c1-19(2)9-10-20(3,4)16-11-14(6-7-15(16)19)22-17-8-5-13(12-21-17)18(23)24/h5-8,11-12H,9-10H2,1-4H3,(H,21,22)(H,23,24). The number of anilines is 2. The quantitative estimate of drug-likeness (QED) is 0.845. The lowest BCUT2D eigenvalue weighted by Crippen LogP contribution is -2.33. The minimum atomic E-state index is -0.966. The number of hydrogen-bond donors (Lipinski definition) is 2. The van der Waals surface area contributed by atoms with E-state index in [0.717, 1.165) is 5.69 Å². The second kappa shape index (κ2) is 5.62. The first-order valence-corrected chi connectivity index (χ1v) is 8.30. The minimum absolute atomic E-state index is 0.156. The molecule has 2 N–H and O–H groups in total. The van der Waals surface area contributed by atoms with Crippen molar-refractivity contribution in [3.05, 3.63) is 53.2 Å². The van der Waals surface area contributed by atoms with Gasteiger partial charge >= 0.3 is 5.97 Å². The van der Waals surface area contributed by atoms with Crippen LogP contribution in [0.1, 0.15) is 62.0 Å². The molecule has 1 aliphatic rings. The van der Waals surface area contributed by atoms with Crippen LogP contribution in [0.4, 0.5) is 11.5 Å². The number of nitrogens with zero attached hydrogens (tertiary/aromatic N) is 1. The Morgan fingerprint density at radius 2 is 1.71 bits per heavy atom. The fraction of sp³-hybridized carbons (Fsp3) is 0.400. The molecule has 1 aliphatic carbocycles. The number of rotatable bonds is 3. The first-order valence-electron chi connectivity index (χ1n) is 8.30. The maximum Gasteiger partial charge on any atom is 0.337 e. The molecule has 2 aromatic rings. The summed E-state index contributed by atoms with van der Waals surface area (Å²) >= 11 is 0.